The number of rotatable bonds is 6. The van der Waals surface area contributed by atoms with Gasteiger partial charge in [-0.05, 0) is 24.6 Å². The average Bonchev–Trinajstić information content (AvgIpc) is 2.59. The third-order valence-electron chi connectivity index (χ3n) is 3.63. The summed E-state index contributed by atoms with van der Waals surface area (Å²) in [5.41, 5.74) is 0.800. The molecule has 6 nitrogen and oxygen atoms in total. The lowest BCUT2D eigenvalue weighted by Crippen LogP contribution is -2.51. The lowest BCUT2D eigenvalue weighted by molar-refractivity contribution is -0.147. The van der Waals surface area contributed by atoms with E-state index in [0.29, 0.717) is 26.2 Å². The van der Waals surface area contributed by atoms with Crippen molar-refractivity contribution in [2.75, 3.05) is 32.8 Å². The van der Waals surface area contributed by atoms with E-state index in [9.17, 15) is 14.0 Å². The molecule has 1 aromatic rings. The molecule has 1 heterocycles. The van der Waals surface area contributed by atoms with Crippen molar-refractivity contribution < 1.29 is 18.7 Å². The van der Waals surface area contributed by atoms with E-state index in [-0.39, 0.29) is 36.6 Å². The minimum Gasteiger partial charge on any atom is -0.366 e. The summed E-state index contributed by atoms with van der Waals surface area (Å²) in [6, 6.07) is 5.91. The number of morpholine rings is 1. The Morgan fingerprint density at radius 2 is 2.08 bits per heavy atom. The standard InChI is InChI=1S/C16H22FN3O3.ClH/c1-2-20(16(22)14-10-18-7-8-23-14)11-15(21)19-9-12-3-5-13(17)6-4-12;/h3-6,14,18H,2,7-11H2,1H3,(H,19,21);1H. The zero-order valence-corrected chi connectivity index (χ0v) is 14.4. The summed E-state index contributed by atoms with van der Waals surface area (Å²) in [7, 11) is 0. The molecule has 2 N–H and O–H groups in total. The van der Waals surface area contributed by atoms with Gasteiger partial charge in [0.15, 0.2) is 0 Å². The Morgan fingerprint density at radius 1 is 1.38 bits per heavy atom. The molecule has 0 aromatic heterocycles. The number of carbonyl (C=O) groups is 2. The van der Waals surface area contributed by atoms with E-state index < -0.39 is 6.10 Å². The van der Waals surface area contributed by atoms with Crippen molar-refractivity contribution in [1.82, 2.24) is 15.5 Å². The third kappa shape index (κ3) is 6.07. The van der Waals surface area contributed by atoms with Gasteiger partial charge in [-0.15, -0.1) is 12.4 Å². The maximum absolute atomic E-state index is 12.8. The molecule has 2 amide bonds. The van der Waals surface area contributed by atoms with Crippen molar-refractivity contribution in [2.24, 2.45) is 0 Å². The molecule has 1 unspecified atom stereocenters. The summed E-state index contributed by atoms with van der Waals surface area (Å²) in [5, 5.41) is 5.82. The van der Waals surface area contributed by atoms with E-state index in [1.165, 1.54) is 17.0 Å². The van der Waals surface area contributed by atoms with Crippen molar-refractivity contribution in [2.45, 2.75) is 19.6 Å². The second-order valence-corrected chi connectivity index (χ2v) is 5.32. The van der Waals surface area contributed by atoms with Crippen molar-refractivity contribution in [3.63, 3.8) is 0 Å². The lowest BCUT2D eigenvalue weighted by atomic mass is 10.2. The summed E-state index contributed by atoms with van der Waals surface area (Å²) in [5.74, 6) is -0.756. The molecule has 24 heavy (non-hydrogen) atoms. The van der Waals surface area contributed by atoms with Gasteiger partial charge in [-0.3, -0.25) is 9.59 Å². The van der Waals surface area contributed by atoms with Crippen LogP contribution in [0.15, 0.2) is 24.3 Å². The van der Waals surface area contributed by atoms with Crippen LogP contribution < -0.4 is 10.6 Å². The molecular weight excluding hydrogens is 337 g/mol. The SMILES string of the molecule is CCN(CC(=O)NCc1ccc(F)cc1)C(=O)C1CNCCO1.Cl. The number of benzene rings is 1. The number of likely N-dealkylation sites (N-methyl/N-ethyl adjacent to an activating group) is 1. The van der Waals surface area contributed by atoms with E-state index in [1.807, 2.05) is 6.92 Å². The van der Waals surface area contributed by atoms with Crippen LogP contribution in [0.25, 0.3) is 0 Å². The number of amides is 2. The van der Waals surface area contributed by atoms with E-state index in [4.69, 9.17) is 4.74 Å². The first kappa shape index (κ1) is 20.3. The summed E-state index contributed by atoms with van der Waals surface area (Å²) < 4.78 is 18.2. The maximum Gasteiger partial charge on any atom is 0.253 e. The Balaban J connectivity index is 0.00000288. The Kier molecular flexibility index (Phi) is 8.67. The van der Waals surface area contributed by atoms with Crippen LogP contribution in [0.2, 0.25) is 0 Å². The molecule has 0 aliphatic carbocycles. The quantitative estimate of drug-likeness (QED) is 0.784. The largest absolute Gasteiger partial charge is 0.366 e. The molecule has 0 radical (unpaired) electrons. The highest BCUT2D eigenvalue weighted by Gasteiger charge is 2.27. The first-order valence-electron chi connectivity index (χ1n) is 7.72. The van der Waals surface area contributed by atoms with E-state index in [2.05, 4.69) is 10.6 Å². The highest BCUT2D eigenvalue weighted by Crippen LogP contribution is 2.04. The van der Waals surface area contributed by atoms with E-state index in [1.54, 1.807) is 12.1 Å². The second-order valence-electron chi connectivity index (χ2n) is 5.32. The highest BCUT2D eigenvalue weighted by atomic mass is 35.5. The van der Waals surface area contributed by atoms with Gasteiger partial charge < -0.3 is 20.3 Å². The van der Waals surface area contributed by atoms with E-state index in [0.717, 1.165) is 12.1 Å². The Bertz CT molecular complexity index is 536. The van der Waals surface area contributed by atoms with Gasteiger partial charge in [0.1, 0.15) is 11.9 Å². The Labute approximate surface area is 147 Å². The lowest BCUT2D eigenvalue weighted by Gasteiger charge is -2.28. The number of carbonyl (C=O) groups excluding carboxylic acids is 2. The van der Waals surface area contributed by atoms with Crippen LogP contribution in [0.5, 0.6) is 0 Å². The molecule has 0 spiro atoms. The van der Waals surface area contributed by atoms with Crippen molar-refractivity contribution >= 4 is 24.2 Å². The Hall–Kier alpha value is -1.70. The van der Waals surface area contributed by atoms with Gasteiger partial charge in [0.2, 0.25) is 5.91 Å². The molecule has 1 saturated heterocycles. The van der Waals surface area contributed by atoms with Crippen molar-refractivity contribution in [3.8, 4) is 0 Å². The zero-order valence-electron chi connectivity index (χ0n) is 13.6. The predicted octanol–water partition coefficient (Wildman–Crippen LogP) is 0.701. The number of nitrogens with one attached hydrogen (secondary N) is 2. The first-order valence-corrected chi connectivity index (χ1v) is 7.72. The van der Waals surface area contributed by atoms with Gasteiger partial charge in [0, 0.05) is 26.2 Å². The topological polar surface area (TPSA) is 70.7 Å². The van der Waals surface area contributed by atoms with Gasteiger partial charge >= 0.3 is 0 Å². The normalized spacial score (nSPS) is 16.8. The van der Waals surface area contributed by atoms with Crippen LogP contribution in [0, 0.1) is 5.82 Å². The molecule has 2 rings (SSSR count). The summed E-state index contributed by atoms with van der Waals surface area (Å²) in [6.07, 6.45) is -0.534. The van der Waals surface area contributed by atoms with Crippen LogP contribution >= 0.6 is 12.4 Å². The molecule has 1 aromatic carbocycles. The molecular formula is C16H23ClFN3O3. The number of nitrogens with zero attached hydrogens (tertiary/aromatic N) is 1. The molecule has 1 fully saturated rings. The molecule has 0 bridgehead atoms. The monoisotopic (exact) mass is 359 g/mol. The molecule has 0 saturated carbocycles. The van der Waals surface area contributed by atoms with Crippen molar-refractivity contribution in [3.05, 3.63) is 35.6 Å². The molecule has 1 atom stereocenters. The first-order chi connectivity index (χ1) is 11.1. The summed E-state index contributed by atoms with van der Waals surface area (Å²) in [6.45, 7) is 4.22. The number of halogens is 2. The van der Waals surface area contributed by atoms with Crippen LogP contribution in [-0.2, 0) is 20.9 Å². The number of hydrogen-bond donors (Lipinski definition) is 2. The molecule has 8 heteroatoms. The van der Waals surface area contributed by atoms with Crippen LogP contribution in [0.1, 0.15) is 12.5 Å². The number of hydrogen-bond acceptors (Lipinski definition) is 4. The van der Waals surface area contributed by atoms with Crippen LogP contribution in [0.4, 0.5) is 4.39 Å². The third-order valence-corrected chi connectivity index (χ3v) is 3.63. The molecule has 134 valence electrons. The van der Waals surface area contributed by atoms with Gasteiger partial charge in [-0.25, -0.2) is 4.39 Å². The van der Waals surface area contributed by atoms with Crippen LogP contribution in [-0.4, -0.2) is 55.6 Å². The predicted molar refractivity (Wildman–Crippen MR) is 90.4 cm³/mol. The van der Waals surface area contributed by atoms with Gasteiger partial charge in [0.25, 0.3) is 5.91 Å². The fourth-order valence-electron chi connectivity index (χ4n) is 2.31. The summed E-state index contributed by atoms with van der Waals surface area (Å²) >= 11 is 0. The van der Waals surface area contributed by atoms with Crippen molar-refractivity contribution in [1.29, 1.82) is 0 Å². The van der Waals surface area contributed by atoms with E-state index >= 15 is 0 Å². The fourth-order valence-corrected chi connectivity index (χ4v) is 2.31. The maximum atomic E-state index is 12.8. The van der Waals surface area contributed by atoms with Crippen LogP contribution in [0.3, 0.4) is 0 Å². The Morgan fingerprint density at radius 3 is 2.67 bits per heavy atom. The zero-order chi connectivity index (χ0) is 16.7. The van der Waals surface area contributed by atoms with Gasteiger partial charge in [-0.1, -0.05) is 12.1 Å². The fraction of sp³-hybridized carbons (Fsp3) is 0.500. The van der Waals surface area contributed by atoms with Gasteiger partial charge in [0.05, 0.1) is 13.2 Å². The number of ether oxygens (including phenoxy) is 1. The van der Waals surface area contributed by atoms with Gasteiger partial charge in [-0.2, -0.15) is 0 Å². The smallest absolute Gasteiger partial charge is 0.253 e. The molecule has 1 aliphatic rings. The molecule has 1 aliphatic heterocycles. The minimum atomic E-state index is -0.534. The highest BCUT2D eigenvalue weighted by molar-refractivity contribution is 5.87. The summed E-state index contributed by atoms with van der Waals surface area (Å²) in [4.78, 5) is 25.8. The average molecular weight is 360 g/mol. The minimum absolute atomic E-state index is 0. The second kappa shape index (κ2) is 10.2.